The highest BCUT2D eigenvalue weighted by Crippen LogP contribution is 2.31. The van der Waals surface area contributed by atoms with Crippen molar-refractivity contribution in [1.29, 1.82) is 0 Å². The summed E-state index contributed by atoms with van der Waals surface area (Å²) in [5.41, 5.74) is 7.66. The maximum atomic E-state index is 6.49. The molecular formula is C22H30ClN5. The van der Waals surface area contributed by atoms with Gasteiger partial charge < -0.3 is 16.0 Å². The van der Waals surface area contributed by atoms with Crippen LogP contribution in [0.5, 0.6) is 0 Å². The van der Waals surface area contributed by atoms with Crippen LogP contribution in [0.1, 0.15) is 44.9 Å². The first-order chi connectivity index (χ1) is 13.7. The van der Waals surface area contributed by atoms with Crippen LogP contribution in [0.15, 0.2) is 30.5 Å². The second-order valence-corrected chi connectivity index (χ2v) is 8.48. The molecule has 0 radical (unpaired) electrons. The van der Waals surface area contributed by atoms with Crippen LogP contribution in [-0.2, 0) is 0 Å². The molecule has 2 aliphatic rings. The molecule has 150 valence electrons. The van der Waals surface area contributed by atoms with Crippen molar-refractivity contribution in [3.05, 3.63) is 35.5 Å². The lowest BCUT2D eigenvalue weighted by atomic mass is 9.95. The monoisotopic (exact) mass is 399 g/mol. The maximum absolute atomic E-state index is 6.49. The minimum atomic E-state index is 0.512. The third-order valence-corrected chi connectivity index (χ3v) is 6.40. The standard InChI is InChI=1S/C22H30ClN5/c23-19-15-25-21(26-17-5-2-1-3-6-17)13-18(19)20-7-4-8-22(27-20)28-11-9-16(14-24)10-12-28/h4,7-8,13,15-17H,1-3,5-6,9-12,14,24H2,(H,25,26). The van der Waals surface area contributed by atoms with Crippen LogP contribution in [0, 0.1) is 5.92 Å². The van der Waals surface area contributed by atoms with Crippen LogP contribution in [0.4, 0.5) is 11.6 Å². The van der Waals surface area contributed by atoms with Crippen LogP contribution >= 0.6 is 11.6 Å². The fourth-order valence-corrected chi connectivity index (χ4v) is 4.52. The first-order valence-corrected chi connectivity index (χ1v) is 11.0. The van der Waals surface area contributed by atoms with Crippen LogP contribution in [0.3, 0.4) is 0 Å². The van der Waals surface area contributed by atoms with Crippen molar-refractivity contribution in [2.45, 2.75) is 51.0 Å². The van der Waals surface area contributed by atoms with E-state index in [1.807, 2.05) is 12.1 Å². The molecule has 2 aromatic heterocycles. The molecule has 1 saturated carbocycles. The zero-order valence-corrected chi connectivity index (χ0v) is 17.2. The van der Waals surface area contributed by atoms with E-state index in [1.54, 1.807) is 6.20 Å². The molecule has 2 aromatic rings. The van der Waals surface area contributed by atoms with Crippen molar-refractivity contribution in [2.75, 3.05) is 29.9 Å². The molecule has 3 heterocycles. The Hall–Kier alpha value is -1.85. The van der Waals surface area contributed by atoms with E-state index in [-0.39, 0.29) is 0 Å². The zero-order chi connectivity index (χ0) is 19.3. The third kappa shape index (κ3) is 4.58. The summed E-state index contributed by atoms with van der Waals surface area (Å²) in [6.07, 6.45) is 10.4. The molecule has 0 bridgehead atoms. The number of halogens is 1. The molecule has 1 saturated heterocycles. The summed E-state index contributed by atoms with van der Waals surface area (Å²) in [7, 11) is 0. The van der Waals surface area contributed by atoms with Crippen molar-refractivity contribution in [1.82, 2.24) is 9.97 Å². The van der Waals surface area contributed by atoms with Crippen LogP contribution in [0.25, 0.3) is 11.3 Å². The molecule has 0 amide bonds. The number of anilines is 2. The molecule has 1 aliphatic carbocycles. The smallest absolute Gasteiger partial charge is 0.129 e. The summed E-state index contributed by atoms with van der Waals surface area (Å²) in [6, 6.07) is 8.74. The lowest BCUT2D eigenvalue weighted by molar-refractivity contribution is 0.413. The van der Waals surface area contributed by atoms with Gasteiger partial charge in [0.05, 0.1) is 10.7 Å². The van der Waals surface area contributed by atoms with E-state index in [0.717, 1.165) is 55.4 Å². The van der Waals surface area contributed by atoms with E-state index in [0.29, 0.717) is 17.0 Å². The number of nitrogens with zero attached hydrogens (tertiary/aromatic N) is 3. The van der Waals surface area contributed by atoms with Crippen molar-refractivity contribution in [3.63, 3.8) is 0 Å². The Labute approximate surface area is 172 Å². The van der Waals surface area contributed by atoms with Gasteiger partial charge in [-0.2, -0.15) is 0 Å². The van der Waals surface area contributed by atoms with Gasteiger partial charge in [0.15, 0.2) is 0 Å². The van der Waals surface area contributed by atoms with E-state index in [1.165, 1.54) is 32.1 Å². The number of rotatable bonds is 5. The quantitative estimate of drug-likeness (QED) is 0.761. The van der Waals surface area contributed by atoms with Crippen molar-refractivity contribution in [2.24, 2.45) is 11.7 Å². The van der Waals surface area contributed by atoms with Gasteiger partial charge in [-0.1, -0.05) is 36.9 Å². The van der Waals surface area contributed by atoms with Gasteiger partial charge in [-0.15, -0.1) is 0 Å². The zero-order valence-electron chi connectivity index (χ0n) is 16.4. The molecule has 1 aliphatic heterocycles. The largest absolute Gasteiger partial charge is 0.367 e. The molecule has 0 aromatic carbocycles. The van der Waals surface area contributed by atoms with Crippen LogP contribution < -0.4 is 16.0 Å². The summed E-state index contributed by atoms with van der Waals surface area (Å²) in [5.74, 6) is 2.55. The number of nitrogens with one attached hydrogen (secondary N) is 1. The average Bonchev–Trinajstić information content (AvgIpc) is 2.76. The number of nitrogens with two attached hydrogens (primary N) is 1. The molecule has 3 N–H and O–H groups in total. The summed E-state index contributed by atoms with van der Waals surface area (Å²) in [4.78, 5) is 11.8. The Morgan fingerprint density at radius 3 is 2.64 bits per heavy atom. The summed E-state index contributed by atoms with van der Waals surface area (Å²) in [6.45, 7) is 2.80. The molecular weight excluding hydrogens is 370 g/mol. The number of pyridine rings is 2. The molecule has 0 unspecified atom stereocenters. The average molecular weight is 400 g/mol. The SMILES string of the molecule is NCC1CCN(c2cccc(-c3cc(NC4CCCCC4)ncc3Cl)n2)CC1. The van der Waals surface area contributed by atoms with Crippen molar-refractivity contribution >= 4 is 23.2 Å². The van der Waals surface area contributed by atoms with E-state index in [9.17, 15) is 0 Å². The van der Waals surface area contributed by atoms with Gasteiger partial charge in [0.25, 0.3) is 0 Å². The Kier molecular flexibility index (Phi) is 6.33. The van der Waals surface area contributed by atoms with E-state index >= 15 is 0 Å². The number of hydrogen-bond acceptors (Lipinski definition) is 5. The minimum Gasteiger partial charge on any atom is -0.367 e. The Morgan fingerprint density at radius 2 is 1.89 bits per heavy atom. The summed E-state index contributed by atoms with van der Waals surface area (Å²) < 4.78 is 0. The fraction of sp³-hybridized carbons (Fsp3) is 0.545. The summed E-state index contributed by atoms with van der Waals surface area (Å²) >= 11 is 6.49. The predicted octanol–water partition coefficient (Wildman–Crippen LogP) is 4.72. The first kappa shape index (κ1) is 19.5. The molecule has 4 rings (SSSR count). The Morgan fingerprint density at radius 1 is 1.11 bits per heavy atom. The fourth-order valence-electron chi connectivity index (χ4n) is 4.32. The highest BCUT2D eigenvalue weighted by Gasteiger charge is 2.20. The van der Waals surface area contributed by atoms with Gasteiger partial charge in [0.1, 0.15) is 11.6 Å². The van der Waals surface area contributed by atoms with Crippen molar-refractivity contribution in [3.8, 4) is 11.3 Å². The normalized spacial score (nSPS) is 19.0. The topological polar surface area (TPSA) is 67.1 Å². The van der Waals surface area contributed by atoms with Gasteiger partial charge in [0, 0.05) is 30.9 Å². The molecule has 6 heteroatoms. The van der Waals surface area contributed by atoms with E-state index < -0.39 is 0 Å². The highest BCUT2D eigenvalue weighted by atomic mass is 35.5. The molecule has 0 atom stereocenters. The van der Waals surface area contributed by atoms with Crippen molar-refractivity contribution < 1.29 is 0 Å². The first-order valence-electron chi connectivity index (χ1n) is 10.6. The van der Waals surface area contributed by atoms with E-state index in [4.69, 9.17) is 22.3 Å². The summed E-state index contributed by atoms with van der Waals surface area (Å²) in [5, 5.41) is 4.23. The maximum Gasteiger partial charge on any atom is 0.129 e. The number of piperidine rings is 1. The Balaban J connectivity index is 1.52. The number of hydrogen-bond donors (Lipinski definition) is 2. The van der Waals surface area contributed by atoms with Crippen LogP contribution in [-0.4, -0.2) is 35.6 Å². The predicted molar refractivity (Wildman–Crippen MR) is 117 cm³/mol. The second-order valence-electron chi connectivity index (χ2n) is 8.08. The van der Waals surface area contributed by atoms with Gasteiger partial charge in [-0.05, 0) is 56.3 Å². The van der Waals surface area contributed by atoms with Gasteiger partial charge >= 0.3 is 0 Å². The Bertz CT molecular complexity index is 782. The van der Waals surface area contributed by atoms with Gasteiger partial charge in [-0.3, -0.25) is 0 Å². The molecule has 0 spiro atoms. The lowest BCUT2D eigenvalue weighted by Gasteiger charge is -2.32. The highest BCUT2D eigenvalue weighted by molar-refractivity contribution is 6.33. The van der Waals surface area contributed by atoms with Gasteiger partial charge in [0.2, 0.25) is 0 Å². The van der Waals surface area contributed by atoms with Gasteiger partial charge in [-0.25, -0.2) is 9.97 Å². The molecule has 5 nitrogen and oxygen atoms in total. The third-order valence-electron chi connectivity index (χ3n) is 6.09. The molecule has 2 fully saturated rings. The minimum absolute atomic E-state index is 0.512. The van der Waals surface area contributed by atoms with Crippen LogP contribution in [0.2, 0.25) is 5.02 Å². The molecule has 28 heavy (non-hydrogen) atoms. The second kappa shape index (κ2) is 9.10. The lowest BCUT2D eigenvalue weighted by Crippen LogP contribution is -2.36. The number of aromatic nitrogens is 2. The van der Waals surface area contributed by atoms with E-state index in [2.05, 4.69) is 27.3 Å².